The monoisotopic (exact) mass is 490 g/mol. The molecule has 0 spiro atoms. The second kappa shape index (κ2) is 10.5. The number of H-pyrrole nitrogens is 1. The summed E-state index contributed by atoms with van der Waals surface area (Å²) in [4.78, 5) is 53.1. The lowest BCUT2D eigenvalue weighted by molar-refractivity contribution is 0.0526. The van der Waals surface area contributed by atoms with Gasteiger partial charge in [-0.15, -0.1) is 0 Å². The standard InChI is InChI=1S/C27H26N2O7/c1-4-36-27(33)15-5-8-18(9-6-15)28-25(31)20-14-19-21(29-26(20)32)11-17(12-22(19)30)16-7-10-23(34-2)24(13-16)35-3/h5-10,13-14,17H,4,11-12H2,1-3H3,(H,28,31)(H,29,32)/t17-/m1/s1. The fourth-order valence-electron chi connectivity index (χ4n) is 4.24. The highest BCUT2D eigenvalue weighted by molar-refractivity contribution is 6.07. The van der Waals surface area contributed by atoms with Crippen molar-refractivity contribution in [2.24, 2.45) is 0 Å². The Kier molecular flexibility index (Phi) is 7.19. The fraction of sp³-hybridized carbons (Fsp3) is 0.259. The molecule has 1 atom stereocenters. The van der Waals surface area contributed by atoms with Gasteiger partial charge in [0.25, 0.3) is 11.5 Å². The van der Waals surface area contributed by atoms with E-state index in [1.807, 2.05) is 12.1 Å². The molecule has 1 aliphatic carbocycles. The van der Waals surface area contributed by atoms with E-state index in [1.165, 1.54) is 30.3 Å². The quantitative estimate of drug-likeness (QED) is 0.484. The summed E-state index contributed by atoms with van der Waals surface area (Å²) in [6.07, 6.45) is 0.661. The minimum absolute atomic E-state index is 0.155. The van der Waals surface area contributed by atoms with Crippen molar-refractivity contribution in [2.45, 2.75) is 25.7 Å². The third-order valence-electron chi connectivity index (χ3n) is 6.08. The molecule has 9 nitrogen and oxygen atoms in total. The van der Waals surface area contributed by atoms with E-state index >= 15 is 0 Å². The number of nitrogens with one attached hydrogen (secondary N) is 2. The van der Waals surface area contributed by atoms with Crippen LogP contribution in [0.3, 0.4) is 0 Å². The van der Waals surface area contributed by atoms with Crippen molar-refractivity contribution in [3.05, 3.63) is 86.8 Å². The molecule has 186 valence electrons. The van der Waals surface area contributed by atoms with Gasteiger partial charge in [0.15, 0.2) is 17.3 Å². The molecule has 1 amide bonds. The normalized spacial score (nSPS) is 14.5. The van der Waals surface area contributed by atoms with Crippen LogP contribution in [0.2, 0.25) is 0 Å². The van der Waals surface area contributed by atoms with E-state index in [1.54, 1.807) is 27.2 Å². The maximum Gasteiger partial charge on any atom is 0.338 e. The summed E-state index contributed by atoms with van der Waals surface area (Å²) in [5.41, 5.74) is 1.69. The average Bonchev–Trinajstić information content (AvgIpc) is 2.88. The Balaban J connectivity index is 1.54. The molecule has 36 heavy (non-hydrogen) atoms. The average molecular weight is 491 g/mol. The van der Waals surface area contributed by atoms with Gasteiger partial charge in [-0.1, -0.05) is 6.07 Å². The molecular weight excluding hydrogens is 464 g/mol. The first-order valence-electron chi connectivity index (χ1n) is 11.4. The van der Waals surface area contributed by atoms with Crippen LogP contribution in [0.25, 0.3) is 0 Å². The highest BCUT2D eigenvalue weighted by Crippen LogP contribution is 2.36. The summed E-state index contributed by atoms with van der Waals surface area (Å²) in [6, 6.07) is 12.9. The number of esters is 1. The van der Waals surface area contributed by atoms with Crippen LogP contribution in [0, 0.1) is 0 Å². The van der Waals surface area contributed by atoms with Gasteiger partial charge < -0.3 is 24.5 Å². The number of carbonyl (C=O) groups excluding carboxylic acids is 3. The molecule has 1 aliphatic rings. The number of aromatic nitrogens is 1. The fourth-order valence-corrected chi connectivity index (χ4v) is 4.24. The number of methoxy groups -OCH3 is 2. The Morgan fingerprint density at radius 3 is 2.36 bits per heavy atom. The van der Waals surface area contributed by atoms with E-state index in [2.05, 4.69) is 10.3 Å². The molecule has 1 heterocycles. The van der Waals surface area contributed by atoms with Crippen LogP contribution in [0.1, 0.15) is 61.6 Å². The minimum Gasteiger partial charge on any atom is -0.493 e. The molecule has 2 N–H and O–H groups in total. The molecule has 4 rings (SSSR count). The molecular formula is C27H26N2O7. The highest BCUT2D eigenvalue weighted by atomic mass is 16.5. The molecule has 1 aromatic heterocycles. The number of aromatic amines is 1. The van der Waals surface area contributed by atoms with Crippen molar-refractivity contribution in [3.63, 3.8) is 0 Å². The SMILES string of the molecule is CCOC(=O)c1ccc(NC(=O)c2cc3c([nH]c2=O)C[C@@H](c2ccc(OC)c(OC)c2)CC3=O)cc1. The van der Waals surface area contributed by atoms with Gasteiger partial charge in [0.1, 0.15) is 5.56 Å². The molecule has 9 heteroatoms. The van der Waals surface area contributed by atoms with Crippen LogP contribution in [-0.2, 0) is 11.2 Å². The number of carbonyl (C=O) groups is 3. The summed E-state index contributed by atoms with van der Waals surface area (Å²) in [5.74, 6) is -0.297. The van der Waals surface area contributed by atoms with Crippen molar-refractivity contribution < 1.29 is 28.6 Å². The van der Waals surface area contributed by atoms with Crippen LogP contribution >= 0.6 is 0 Å². The topological polar surface area (TPSA) is 124 Å². The largest absolute Gasteiger partial charge is 0.493 e. The van der Waals surface area contributed by atoms with E-state index in [0.717, 1.165) is 5.56 Å². The predicted molar refractivity (Wildman–Crippen MR) is 132 cm³/mol. The van der Waals surface area contributed by atoms with E-state index in [9.17, 15) is 19.2 Å². The number of Topliss-reactive ketones (excluding diaryl/α,β-unsaturated/α-hetero) is 1. The Morgan fingerprint density at radius 2 is 1.69 bits per heavy atom. The van der Waals surface area contributed by atoms with Gasteiger partial charge in [0, 0.05) is 23.4 Å². The van der Waals surface area contributed by atoms with Crippen molar-refractivity contribution in [3.8, 4) is 11.5 Å². The lowest BCUT2D eigenvalue weighted by Crippen LogP contribution is -2.29. The van der Waals surface area contributed by atoms with E-state index in [4.69, 9.17) is 14.2 Å². The number of hydrogen-bond donors (Lipinski definition) is 2. The molecule has 3 aromatic rings. The van der Waals surface area contributed by atoms with Crippen LogP contribution in [0.5, 0.6) is 11.5 Å². The van der Waals surface area contributed by atoms with Gasteiger partial charge >= 0.3 is 5.97 Å². The maximum atomic E-state index is 13.0. The van der Waals surface area contributed by atoms with Crippen molar-refractivity contribution in [1.82, 2.24) is 4.98 Å². The number of fused-ring (bicyclic) bond motifs is 1. The second-order valence-electron chi connectivity index (χ2n) is 8.30. The van der Waals surface area contributed by atoms with Crippen LogP contribution < -0.4 is 20.3 Å². The molecule has 0 bridgehead atoms. The maximum absolute atomic E-state index is 13.0. The number of ether oxygens (including phenoxy) is 3. The molecule has 0 saturated carbocycles. The first-order chi connectivity index (χ1) is 17.3. The third kappa shape index (κ3) is 5.00. The number of anilines is 1. The third-order valence-corrected chi connectivity index (χ3v) is 6.08. The number of ketones is 1. The van der Waals surface area contributed by atoms with Crippen molar-refractivity contribution in [2.75, 3.05) is 26.1 Å². The van der Waals surface area contributed by atoms with Gasteiger partial charge in [-0.3, -0.25) is 14.4 Å². The molecule has 0 aliphatic heterocycles. The summed E-state index contributed by atoms with van der Waals surface area (Å²) >= 11 is 0. The van der Waals surface area contributed by atoms with Crippen LogP contribution in [0.15, 0.2) is 53.3 Å². The molecule has 0 unspecified atom stereocenters. The number of hydrogen-bond acceptors (Lipinski definition) is 7. The van der Waals surface area contributed by atoms with E-state index in [0.29, 0.717) is 40.4 Å². The molecule has 0 radical (unpaired) electrons. The summed E-state index contributed by atoms with van der Waals surface area (Å²) < 4.78 is 15.6. The number of benzene rings is 2. The van der Waals surface area contributed by atoms with Gasteiger partial charge in [0.05, 0.1) is 26.4 Å². The Bertz CT molecular complexity index is 1380. The first-order valence-corrected chi connectivity index (χ1v) is 11.4. The van der Waals surface area contributed by atoms with Gasteiger partial charge in [-0.25, -0.2) is 4.79 Å². The summed E-state index contributed by atoms with van der Waals surface area (Å²) in [6.45, 7) is 1.97. The van der Waals surface area contributed by atoms with Crippen LogP contribution in [-0.4, -0.2) is 43.5 Å². The summed E-state index contributed by atoms with van der Waals surface area (Å²) in [7, 11) is 3.09. The second-order valence-corrected chi connectivity index (χ2v) is 8.30. The zero-order chi connectivity index (χ0) is 25.8. The smallest absolute Gasteiger partial charge is 0.338 e. The van der Waals surface area contributed by atoms with E-state index in [-0.39, 0.29) is 30.3 Å². The number of rotatable bonds is 7. The van der Waals surface area contributed by atoms with Crippen molar-refractivity contribution in [1.29, 1.82) is 0 Å². The van der Waals surface area contributed by atoms with Crippen molar-refractivity contribution >= 4 is 23.3 Å². The Morgan fingerprint density at radius 1 is 0.972 bits per heavy atom. The molecule has 0 saturated heterocycles. The van der Waals surface area contributed by atoms with Gasteiger partial charge in [-0.2, -0.15) is 0 Å². The number of amides is 1. The molecule has 0 fully saturated rings. The van der Waals surface area contributed by atoms with Crippen LogP contribution in [0.4, 0.5) is 5.69 Å². The zero-order valence-electron chi connectivity index (χ0n) is 20.2. The van der Waals surface area contributed by atoms with Gasteiger partial charge in [0.2, 0.25) is 0 Å². The predicted octanol–water partition coefficient (Wildman–Crippen LogP) is 3.73. The number of pyridine rings is 1. The van der Waals surface area contributed by atoms with E-state index < -0.39 is 17.4 Å². The minimum atomic E-state index is -0.655. The molecule has 2 aromatic carbocycles. The Labute approximate surface area is 207 Å². The Hall–Kier alpha value is -4.40. The van der Waals surface area contributed by atoms with Gasteiger partial charge in [-0.05, 0) is 67.3 Å². The highest BCUT2D eigenvalue weighted by Gasteiger charge is 2.29. The first kappa shape index (κ1) is 24.7. The summed E-state index contributed by atoms with van der Waals surface area (Å²) in [5, 5.41) is 2.63. The lowest BCUT2D eigenvalue weighted by Gasteiger charge is -2.24. The zero-order valence-corrected chi connectivity index (χ0v) is 20.2. The lowest BCUT2D eigenvalue weighted by atomic mass is 9.81.